The summed E-state index contributed by atoms with van der Waals surface area (Å²) in [5.74, 6) is 0.401. The molecular weight excluding hydrogens is 398 g/mol. The Labute approximate surface area is 169 Å². The number of nitro groups is 1. The molecule has 0 aromatic heterocycles. The summed E-state index contributed by atoms with van der Waals surface area (Å²) in [6.07, 6.45) is 1.37. The smallest absolute Gasteiger partial charge is 0.271 e. The largest absolute Gasteiger partial charge is 0.497 e. The average Bonchev–Trinajstić information content (AvgIpc) is 2.65. The predicted molar refractivity (Wildman–Crippen MR) is 111 cm³/mol. The molecule has 0 bridgehead atoms. The fourth-order valence-electron chi connectivity index (χ4n) is 2.73. The Morgan fingerprint density at radius 1 is 1.21 bits per heavy atom. The van der Waals surface area contributed by atoms with Crippen LogP contribution in [0, 0.1) is 17.0 Å². The number of methoxy groups -OCH3 is 1. The number of hydrogen-bond acceptors (Lipinski definition) is 6. The molecule has 2 aromatic rings. The second-order valence-electron chi connectivity index (χ2n) is 6.44. The van der Waals surface area contributed by atoms with Crippen molar-refractivity contribution in [1.82, 2.24) is 0 Å². The van der Waals surface area contributed by atoms with E-state index in [1.807, 2.05) is 0 Å². The van der Waals surface area contributed by atoms with Crippen LogP contribution in [0.3, 0.4) is 0 Å². The SMILES string of the molecule is COc1ccc(NC(=O)CCCN(c2cc([N+](=O)[O-])ccc2C)S(C)(=O)=O)cc1. The Kier molecular flexibility index (Phi) is 7.16. The van der Waals surface area contributed by atoms with Crippen LogP contribution >= 0.6 is 0 Å². The minimum Gasteiger partial charge on any atom is -0.497 e. The van der Waals surface area contributed by atoms with Crippen LogP contribution in [-0.2, 0) is 14.8 Å². The molecule has 0 aliphatic carbocycles. The standard InChI is InChI=1S/C19H23N3O6S/c1-14-6-9-16(22(24)25)13-18(14)21(29(3,26)27)12-4-5-19(23)20-15-7-10-17(28-2)11-8-15/h6-11,13H,4-5,12H2,1-3H3,(H,20,23). The van der Waals surface area contributed by atoms with Gasteiger partial charge in [-0.1, -0.05) is 6.07 Å². The first-order valence-electron chi connectivity index (χ1n) is 8.78. The van der Waals surface area contributed by atoms with E-state index < -0.39 is 14.9 Å². The zero-order valence-electron chi connectivity index (χ0n) is 16.4. The maximum Gasteiger partial charge on any atom is 0.271 e. The predicted octanol–water partition coefficient (Wildman–Crippen LogP) is 3.10. The fourth-order valence-corrected chi connectivity index (χ4v) is 3.74. The van der Waals surface area contributed by atoms with Crippen LogP contribution in [-0.4, -0.2) is 39.2 Å². The van der Waals surface area contributed by atoms with Gasteiger partial charge in [0.2, 0.25) is 15.9 Å². The summed E-state index contributed by atoms with van der Waals surface area (Å²) in [7, 11) is -2.14. The molecule has 0 unspecified atom stereocenters. The number of carbonyl (C=O) groups is 1. The quantitative estimate of drug-likeness (QED) is 0.491. The zero-order chi connectivity index (χ0) is 21.6. The molecule has 0 spiro atoms. The molecule has 156 valence electrons. The molecule has 0 saturated heterocycles. The minimum absolute atomic E-state index is 0.0247. The van der Waals surface area contributed by atoms with Crippen LogP contribution in [0.25, 0.3) is 0 Å². The Bertz CT molecular complexity index is 990. The van der Waals surface area contributed by atoms with Crippen LogP contribution in [0.1, 0.15) is 18.4 Å². The summed E-state index contributed by atoms with van der Waals surface area (Å²) in [6.45, 7) is 1.70. The number of amides is 1. The molecule has 0 aliphatic rings. The van der Waals surface area contributed by atoms with Gasteiger partial charge >= 0.3 is 0 Å². The molecule has 0 saturated carbocycles. The number of non-ortho nitro benzene ring substituents is 1. The molecule has 29 heavy (non-hydrogen) atoms. The molecule has 9 nitrogen and oxygen atoms in total. The van der Waals surface area contributed by atoms with Gasteiger partial charge in [-0.05, 0) is 43.2 Å². The number of anilines is 2. The van der Waals surface area contributed by atoms with Gasteiger partial charge in [0.25, 0.3) is 5.69 Å². The average molecular weight is 421 g/mol. The van der Waals surface area contributed by atoms with E-state index in [1.165, 1.54) is 18.2 Å². The van der Waals surface area contributed by atoms with E-state index in [0.29, 0.717) is 17.0 Å². The summed E-state index contributed by atoms with van der Waals surface area (Å²) in [5, 5.41) is 13.8. The number of nitrogens with one attached hydrogen (secondary N) is 1. The van der Waals surface area contributed by atoms with Gasteiger partial charge in [0.1, 0.15) is 5.75 Å². The summed E-state index contributed by atoms with van der Waals surface area (Å²) < 4.78 is 30.6. The van der Waals surface area contributed by atoms with Crippen molar-refractivity contribution in [3.05, 3.63) is 58.1 Å². The summed E-state index contributed by atoms with van der Waals surface area (Å²) in [6, 6.07) is 10.9. The number of aryl methyl sites for hydroxylation is 1. The summed E-state index contributed by atoms with van der Waals surface area (Å²) >= 11 is 0. The number of carbonyl (C=O) groups excluding carboxylic acids is 1. The van der Waals surface area contributed by atoms with Crippen LogP contribution in [0.15, 0.2) is 42.5 Å². The third-order valence-electron chi connectivity index (χ3n) is 4.21. The lowest BCUT2D eigenvalue weighted by Gasteiger charge is -2.24. The van der Waals surface area contributed by atoms with Crippen LogP contribution in [0.5, 0.6) is 5.75 Å². The molecule has 0 radical (unpaired) electrons. The number of nitro benzene ring substituents is 1. The third kappa shape index (κ3) is 6.18. The maximum atomic E-state index is 12.2. The second kappa shape index (κ2) is 9.37. The molecule has 2 rings (SSSR count). The first-order chi connectivity index (χ1) is 13.6. The van der Waals surface area contributed by atoms with E-state index in [1.54, 1.807) is 38.3 Å². The van der Waals surface area contributed by atoms with Crippen molar-refractivity contribution < 1.29 is 22.9 Å². The topological polar surface area (TPSA) is 119 Å². The van der Waals surface area contributed by atoms with E-state index in [0.717, 1.165) is 10.6 Å². The van der Waals surface area contributed by atoms with E-state index in [2.05, 4.69) is 5.32 Å². The van der Waals surface area contributed by atoms with Gasteiger partial charge in [0.15, 0.2) is 0 Å². The van der Waals surface area contributed by atoms with Crippen molar-refractivity contribution >= 4 is 33.0 Å². The third-order valence-corrected chi connectivity index (χ3v) is 5.39. The van der Waals surface area contributed by atoms with Crippen molar-refractivity contribution in [2.75, 3.05) is 29.5 Å². The van der Waals surface area contributed by atoms with E-state index >= 15 is 0 Å². The summed E-state index contributed by atoms with van der Waals surface area (Å²) in [5.41, 5.74) is 1.22. The molecule has 0 heterocycles. The Balaban J connectivity index is 2.05. The Morgan fingerprint density at radius 2 is 1.86 bits per heavy atom. The van der Waals surface area contributed by atoms with E-state index in [4.69, 9.17) is 4.74 Å². The zero-order valence-corrected chi connectivity index (χ0v) is 17.2. The van der Waals surface area contributed by atoms with Crippen LogP contribution in [0.2, 0.25) is 0 Å². The number of rotatable bonds is 9. The maximum absolute atomic E-state index is 12.2. The Morgan fingerprint density at radius 3 is 2.41 bits per heavy atom. The highest BCUT2D eigenvalue weighted by Gasteiger charge is 2.22. The molecular formula is C19H23N3O6S. The highest BCUT2D eigenvalue weighted by atomic mass is 32.2. The van der Waals surface area contributed by atoms with Crippen molar-refractivity contribution in [1.29, 1.82) is 0 Å². The van der Waals surface area contributed by atoms with Crippen molar-refractivity contribution in [2.45, 2.75) is 19.8 Å². The minimum atomic E-state index is -3.68. The second-order valence-corrected chi connectivity index (χ2v) is 8.35. The molecule has 0 aliphatic heterocycles. The van der Waals surface area contributed by atoms with Crippen molar-refractivity contribution in [3.8, 4) is 5.75 Å². The molecule has 10 heteroatoms. The number of ether oxygens (including phenoxy) is 1. The first-order valence-corrected chi connectivity index (χ1v) is 10.6. The van der Waals surface area contributed by atoms with Gasteiger partial charge in [0, 0.05) is 30.8 Å². The number of sulfonamides is 1. The molecule has 0 atom stereocenters. The van der Waals surface area contributed by atoms with Crippen molar-refractivity contribution in [2.24, 2.45) is 0 Å². The molecule has 2 aromatic carbocycles. The molecule has 1 amide bonds. The highest BCUT2D eigenvalue weighted by molar-refractivity contribution is 7.92. The lowest BCUT2D eigenvalue weighted by Crippen LogP contribution is -2.32. The fraction of sp³-hybridized carbons (Fsp3) is 0.316. The van der Waals surface area contributed by atoms with Crippen LogP contribution < -0.4 is 14.4 Å². The van der Waals surface area contributed by atoms with Gasteiger partial charge in [-0.25, -0.2) is 8.42 Å². The summed E-state index contributed by atoms with van der Waals surface area (Å²) in [4.78, 5) is 22.6. The number of hydrogen-bond donors (Lipinski definition) is 1. The van der Waals surface area contributed by atoms with Gasteiger partial charge in [-0.3, -0.25) is 19.2 Å². The molecule has 0 fully saturated rings. The highest BCUT2D eigenvalue weighted by Crippen LogP contribution is 2.27. The number of benzene rings is 2. The van der Waals surface area contributed by atoms with E-state index in [-0.39, 0.29) is 36.7 Å². The first kappa shape index (κ1) is 22.2. The molecule has 1 N–H and O–H groups in total. The van der Waals surface area contributed by atoms with Gasteiger partial charge in [0.05, 0.1) is 24.0 Å². The van der Waals surface area contributed by atoms with E-state index in [9.17, 15) is 23.3 Å². The van der Waals surface area contributed by atoms with Gasteiger partial charge in [-0.15, -0.1) is 0 Å². The normalized spacial score (nSPS) is 11.0. The van der Waals surface area contributed by atoms with Gasteiger partial charge in [-0.2, -0.15) is 0 Å². The lowest BCUT2D eigenvalue weighted by atomic mass is 10.1. The Hall–Kier alpha value is -3.14. The lowest BCUT2D eigenvalue weighted by molar-refractivity contribution is -0.384. The number of nitrogens with zero attached hydrogens (tertiary/aromatic N) is 2. The van der Waals surface area contributed by atoms with Crippen molar-refractivity contribution in [3.63, 3.8) is 0 Å². The monoisotopic (exact) mass is 421 g/mol. The van der Waals surface area contributed by atoms with Crippen LogP contribution in [0.4, 0.5) is 17.1 Å². The van der Waals surface area contributed by atoms with Gasteiger partial charge < -0.3 is 10.1 Å².